The van der Waals surface area contributed by atoms with Gasteiger partial charge in [-0.3, -0.25) is 28.4 Å². The van der Waals surface area contributed by atoms with Crippen LogP contribution in [0.2, 0.25) is 0 Å². The third-order valence-corrected chi connectivity index (χ3v) is 11.5. The molecular formula is C41H46N8O6S. The molecule has 15 heteroatoms. The summed E-state index contributed by atoms with van der Waals surface area (Å²) >= 11 is 1.44. The monoisotopic (exact) mass is 778 g/mol. The number of thiazole rings is 1. The van der Waals surface area contributed by atoms with Crippen molar-refractivity contribution in [1.29, 1.82) is 0 Å². The van der Waals surface area contributed by atoms with E-state index in [1.54, 1.807) is 28.1 Å². The SMILES string of the molecule is CC(=O)N[C@@H](C(=O)N1CCC[C@H]1C(=O)Cc1cn2cc(-c3ccc(-c4cnc([C@@H]5CCCN5C(=O)[C@@H](NC(=O)CO)C(C)C)[nH]4)cc3)nc2s1)c1ccccc1. The second kappa shape index (κ2) is 16.6. The summed E-state index contributed by atoms with van der Waals surface area (Å²) in [6, 6.07) is 14.7. The highest BCUT2D eigenvalue weighted by molar-refractivity contribution is 7.17. The molecule has 14 nitrogen and oxygen atoms in total. The number of amides is 4. The van der Waals surface area contributed by atoms with E-state index in [9.17, 15) is 29.1 Å². The molecule has 5 heterocycles. The minimum absolute atomic E-state index is 0.0358. The maximum atomic E-state index is 13.7. The summed E-state index contributed by atoms with van der Waals surface area (Å²) in [5.41, 5.74) is 4.13. The average Bonchev–Trinajstić information content (AvgIpc) is 4.04. The van der Waals surface area contributed by atoms with E-state index in [1.807, 2.05) is 73.1 Å². The van der Waals surface area contributed by atoms with E-state index in [2.05, 4.69) is 20.6 Å². The van der Waals surface area contributed by atoms with Crippen LogP contribution in [0.3, 0.4) is 0 Å². The number of aliphatic hydroxyl groups excluding tert-OH is 1. The van der Waals surface area contributed by atoms with E-state index in [0.717, 1.165) is 51.6 Å². The van der Waals surface area contributed by atoms with Gasteiger partial charge in [-0.05, 0) is 42.7 Å². The number of aliphatic hydroxyl groups is 1. The number of likely N-dealkylation sites (tertiary alicyclic amines) is 2. The Kier molecular flexibility index (Phi) is 11.4. The fourth-order valence-corrected chi connectivity index (χ4v) is 8.69. The maximum Gasteiger partial charge on any atom is 0.250 e. The Labute approximate surface area is 328 Å². The van der Waals surface area contributed by atoms with E-state index in [0.29, 0.717) is 30.9 Å². The molecule has 2 aromatic carbocycles. The number of rotatable bonds is 13. The fraction of sp³-hybridized carbons (Fsp3) is 0.390. The lowest BCUT2D eigenvalue weighted by molar-refractivity contribution is -0.140. The number of aromatic nitrogens is 4. The van der Waals surface area contributed by atoms with Crippen molar-refractivity contribution >= 4 is 45.7 Å². The number of benzene rings is 2. The zero-order valence-corrected chi connectivity index (χ0v) is 32.4. The Balaban J connectivity index is 0.994. The van der Waals surface area contributed by atoms with Crippen LogP contribution in [0.15, 0.2) is 73.2 Å². The number of carbonyl (C=O) groups is 5. The van der Waals surface area contributed by atoms with Gasteiger partial charge in [0.2, 0.25) is 23.6 Å². The molecule has 7 rings (SSSR count). The third kappa shape index (κ3) is 8.14. The molecule has 0 saturated carbocycles. The Bertz CT molecular complexity index is 2200. The van der Waals surface area contributed by atoms with Crippen LogP contribution in [0.25, 0.3) is 27.5 Å². The lowest BCUT2D eigenvalue weighted by Crippen LogP contribution is -2.51. The molecule has 0 unspecified atom stereocenters. The molecule has 2 saturated heterocycles. The largest absolute Gasteiger partial charge is 0.387 e. The second-order valence-corrected chi connectivity index (χ2v) is 15.9. The Morgan fingerprint density at radius 3 is 2.32 bits per heavy atom. The van der Waals surface area contributed by atoms with Crippen LogP contribution in [0.4, 0.5) is 0 Å². The van der Waals surface area contributed by atoms with E-state index in [-0.39, 0.29) is 41.9 Å². The molecule has 0 spiro atoms. The Morgan fingerprint density at radius 2 is 1.62 bits per heavy atom. The van der Waals surface area contributed by atoms with Crippen molar-refractivity contribution in [2.45, 2.75) is 77.0 Å². The summed E-state index contributed by atoms with van der Waals surface area (Å²) in [4.78, 5) is 82.6. The molecule has 4 N–H and O–H groups in total. The van der Waals surface area contributed by atoms with Gasteiger partial charge >= 0.3 is 0 Å². The Hall–Kier alpha value is -5.67. The summed E-state index contributed by atoms with van der Waals surface area (Å²) in [6.45, 7) is 5.46. The second-order valence-electron chi connectivity index (χ2n) is 14.8. The van der Waals surface area contributed by atoms with Crippen molar-refractivity contribution in [3.05, 3.63) is 89.5 Å². The molecule has 4 atom stereocenters. The zero-order valence-electron chi connectivity index (χ0n) is 31.6. The molecule has 2 aliphatic heterocycles. The number of fused-ring (bicyclic) bond motifs is 1. The molecule has 0 aliphatic carbocycles. The zero-order chi connectivity index (χ0) is 39.5. The smallest absolute Gasteiger partial charge is 0.250 e. The maximum absolute atomic E-state index is 13.7. The highest BCUT2D eigenvalue weighted by Crippen LogP contribution is 2.34. The number of imidazole rings is 2. The number of nitrogens with zero attached hydrogens (tertiary/aromatic N) is 5. The Morgan fingerprint density at radius 1 is 0.911 bits per heavy atom. The predicted octanol–water partition coefficient (Wildman–Crippen LogP) is 4.23. The van der Waals surface area contributed by atoms with Crippen molar-refractivity contribution in [2.24, 2.45) is 5.92 Å². The lowest BCUT2D eigenvalue weighted by Gasteiger charge is -2.30. The van der Waals surface area contributed by atoms with Gasteiger partial charge in [0.15, 0.2) is 10.7 Å². The number of carbonyl (C=O) groups excluding carboxylic acids is 5. The normalized spacial score (nSPS) is 18.0. The highest BCUT2D eigenvalue weighted by atomic mass is 32.1. The van der Waals surface area contributed by atoms with Gasteiger partial charge in [0.25, 0.3) is 0 Å². The molecule has 0 radical (unpaired) electrons. The number of nitrogens with one attached hydrogen (secondary N) is 3. The van der Waals surface area contributed by atoms with Gasteiger partial charge in [-0.2, -0.15) is 0 Å². The minimum atomic E-state index is -0.851. The molecule has 4 amide bonds. The molecule has 0 bridgehead atoms. The van der Waals surface area contributed by atoms with Gasteiger partial charge in [0.1, 0.15) is 24.5 Å². The van der Waals surface area contributed by atoms with Crippen LogP contribution in [-0.4, -0.2) is 95.5 Å². The third-order valence-electron chi connectivity index (χ3n) is 10.5. The summed E-state index contributed by atoms with van der Waals surface area (Å²) in [6.07, 6.45) is 8.66. The van der Waals surface area contributed by atoms with Crippen LogP contribution < -0.4 is 10.6 Å². The van der Waals surface area contributed by atoms with Crippen LogP contribution in [0.1, 0.15) is 74.8 Å². The van der Waals surface area contributed by atoms with E-state index in [1.165, 1.54) is 18.3 Å². The van der Waals surface area contributed by atoms with Gasteiger partial charge in [0.05, 0.1) is 29.7 Å². The highest BCUT2D eigenvalue weighted by Gasteiger charge is 2.39. The molecular weight excluding hydrogens is 733 g/mol. The first-order valence-corrected chi connectivity index (χ1v) is 19.8. The number of hydrogen-bond acceptors (Lipinski definition) is 9. The summed E-state index contributed by atoms with van der Waals surface area (Å²) in [7, 11) is 0. The lowest BCUT2D eigenvalue weighted by atomic mass is 10.0. The number of aromatic amines is 1. The number of H-pyrrole nitrogens is 1. The quantitative estimate of drug-likeness (QED) is 0.137. The predicted molar refractivity (Wildman–Crippen MR) is 210 cm³/mol. The van der Waals surface area contributed by atoms with Gasteiger partial charge in [0, 0.05) is 49.3 Å². The molecule has 2 fully saturated rings. The fourth-order valence-electron chi connectivity index (χ4n) is 7.72. The van der Waals surface area contributed by atoms with Crippen molar-refractivity contribution in [2.75, 3.05) is 19.7 Å². The van der Waals surface area contributed by atoms with Crippen LogP contribution in [0.5, 0.6) is 0 Å². The summed E-state index contributed by atoms with van der Waals surface area (Å²) in [5, 5.41) is 14.6. The van der Waals surface area contributed by atoms with Crippen molar-refractivity contribution in [3.8, 4) is 22.5 Å². The average molecular weight is 779 g/mol. The van der Waals surface area contributed by atoms with Gasteiger partial charge in [-0.25, -0.2) is 9.97 Å². The van der Waals surface area contributed by atoms with Crippen molar-refractivity contribution in [3.63, 3.8) is 0 Å². The summed E-state index contributed by atoms with van der Waals surface area (Å²) in [5.74, 6) is -0.853. The number of ketones is 1. The summed E-state index contributed by atoms with van der Waals surface area (Å²) < 4.78 is 1.92. The van der Waals surface area contributed by atoms with Crippen LogP contribution in [0, 0.1) is 5.92 Å². The van der Waals surface area contributed by atoms with E-state index >= 15 is 0 Å². The number of hydrogen-bond donors (Lipinski definition) is 4. The van der Waals surface area contributed by atoms with Crippen molar-refractivity contribution in [1.82, 2.24) is 39.8 Å². The number of Topliss-reactive ketones (excluding diaryl/α,β-unsaturated/α-hetero) is 1. The molecule has 292 valence electrons. The van der Waals surface area contributed by atoms with Crippen molar-refractivity contribution < 1.29 is 29.1 Å². The first-order chi connectivity index (χ1) is 27.0. The first kappa shape index (κ1) is 38.6. The van der Waals surface area contributed by atoms with E-state index < -0.39 is 30.6 Å². The van der Waals surface area contributed by atoms with E-state index in [4.69, 9.17) is 4.98 Å². The molecule has 56 heavy (non-hydrogen) atoms. The molecule has 2 aliphatic rings. The minimum Gasteiger partial charge on any atom is -0.387 e. The van der Waals surface area contributed by atoms with Gasteiger partial charge < -0.3 is 30.5 Å². The van der Waals surface area contributed by atoms with Crippen LogP contribution in [-0.2, 0) is 30.4 Å². The molecule has 3 aromatic heterocycles. The topological polar surface area (TPSA) is 182 Å². The standard InChI is InChI=1S/C41H46N8O6S/c1-24(2)36(46-35(53)23-50)39(54)49-18-8-12-33(49)38-42-20-30(44-38)26-13-15-27(16-14-26)31-22-47-21-29(56-41(47)45-31)19-34(52)32-11-7-17-48(32)40(55)37(43-25(3)51)28-9-5-4-6-10-28/h4-6,9-10,13-16,20-22,24,32-33,36-37,50H,7-8,11-12,17-19,23H2,1-3H3,(H,42,44)(H,43,51)(H,46,53)/t32-,33-,36-,37+/m0/s1. The van der Waals surface area contributed by atoms with Gasteiger partial charge in [-0.1, -0.05) is 68.4 Å². The molecule has 5 aromatic rings. The van der Waals surface area contributed by atoms with Crippen LogP contribution >= 0.6 is 11.3 Å². The first-order valence-electron chi connectivity index (χ1n) is 19.0. The van der Waals surface area contributed by atoms with Gasteiger partial charge in [-0.15, -0.1) is 11.3 Å².